The molecule has 0 radical (unpaired) electrons. The molecule has 170 valence electrons. The second kappa shape index (κ2) is 17.7. The zero-order chi connectivity index (χ0) is 22.0. The molecule has 2 nitrogen and oxygen atoms in total. The normalized spacial score (nSPS) is 11.9. The topological polar surface area (TPSA) is 26.3 Å². The summed E-state index contributed by atoms with van der Waals surface area (Å²) in [5, 5.41) is 2.60. The Morgan fingerprint density at radius 1 is 0.839 bits per heavy atom. The first kappa shape index (κ1) is 26.5. The number of hydrogen-bond donors (Lipinski definition) is 0. The van der Waals surface area contributed by atoms with Crippen LogP contribution in [0.15, 0.2) is 60.7 Å². The van der Waals surface area contributed by atoms with Gasteiger partial charge in [-0.05, 0) is 0 Å². The van der Waals surface area contributed by atoms with Gasteiger partial charge in [0.15, 0.2) is 0 Å². The van der Waals surface area contributed by atoms with Crippen LogP contribution in [0.5, 0.6) is 0 Å². The molecule has 2 aromatic rings. The zero-order valence-corrected chi connectivity index (χ0v) is 23.0. The van der Waals surface area contributed by atoms with Crippen molar-refractivity contribution in [2.75, 3.05) is 0 Å². The van der Waals surface area contributed by atoms with Crippen LogP contribution in [0.4, 0.5) is 4.79 Å². The molecule has 1 atom stereocenters. The van der Waals surface area contributed by atoms with Crippen molar-refractivity contribution >= 4 is 43.5 Å². The van der Waals surface area contributed by atoms with Gasteiger partial charge >= 0.3 is 207 Å². The predicted molar refractivity (Wildman–Crippen MR) is 135 cm³/mol. The summed E-state index contributed by atoms with van der Waals surface area (Å²) >= 11 is -0.201. The Bertz CT molecular complexity index is 693. The summed E-state index contributed by atoms with van der Waals surface area (Å²) in [6.45, 7) is 2.25. The van der Waals surface area contributed by atoms with Gasteiger partial charge in [-0.3, -0.25) is 0 Å². The minimum atomic E-state index is -0.902. The number of hydrogen-bond acceptors (Lipinski definition) is 2. The molecule has 4 heteroatoms. The monoisotopic (exact) mass is 604 g/mol. The van der Waals surface area contributed by atoms with Gasteiger partial charge in [0.25, 0.3) is 0 Å². The van der Waals surface area contributed by atoms with Gasteiger partial charge in [-0.15, -0.1) is 0 Å². The summed E-state index contributed by atoms with van der Waals surface area (Å²) in [6, 6.07) is 21.0. The van der Waals surface area contributed by atoms with Crippen molar-refractivity contribution in [1.82, 2.24) is 0 Å². The molecule has 0 saturated carbocycles. The first-order valence-electron chi connectivity index (χ1n) is 11.8. The molecule has 0 saturated heterocycles. The van der Waals surface area contributed by atoms with Gasteiger partial charge in [0.2, 0.25) is 0 Å². The van der Waals surface area contributed by atoms with Crippen LogP contribution in [0.2, 0.25) is 5.32 Å². The van der Waals surface area contributed by atoms with Crippen LogP contribution >= 0.6 is 0 Å². The van der Waals surface area contributed by atoms with Crippen molar-refractivity contribution in [2.24, 2.45) is 0 Å². The van der Waals surface area contributed by atoms with E-state index in [1.807, 2.05) is 18.2 Å². The van der Waals surface area contributed by atoms with Crippen LogP contribution in [0.25, 0.3) is 0 Å². The van der Waals surface area contributed by atoms with Crippen molar-refractivity contribution in [1.29, 1.82) is 0 Å². The Morgan fingerprint density at radius 3 is 2.13 bits per heavy atom. The Hall–Kier alpha value is -0.781. The number of carbonyl (C=O) groups is 1. The van der Waals surface area contributed by atoms with E-state index in [-0.39, 0.29) is 10.1 Å². The summed E-state index contributed by atoms with van der Waals surface area (Å²) < 4.78 is 7.19. The summed E-state index contributed by atoms with van der Waals surface area (Å²) in [5.74, 6) is 0. The molecule has 0 N–H and O–H groups in total. The molecule has 2 aromatic carbocycles. The molecule has 0 bridgehead atoms. The first-order valence-corrected chi connectivity index (χ1v) is 16.6. The SMILES string of the molecule is CCCCCCCC(CCCCC[Se]Cc1ccccc1)OC(=O)[Te]c1ccccc1. The minimum absolute atomic E-state index is 0.0568. The third-order valence-corrected chi connectivity index (χ3v) is 9.80. The van der Waals surface area contributed by atoms with Crippen molar-refractivity contribution in [3.63, 3.8) is 0 Å². The molecule has 0 heterocycles. The molecular weight excluding hydrogens is 563 g/mol. The van der Waals surface area contributed by atoms with Crippen LogP contribution in [0.3, 0.4) is 0 Å². The fourth-order valence-corrected chi connectivity index (χ4v) is 7.47. The third kappa shape index (κ3) is 13.4. The number of ether oxygens (including phenoxy) is 1. The average molecular weight is 601 g/mol. The summed E-state index contributed by atoms with van der Waals surface area (Å²) in [4.78, 5) is 12.5. The van der Waals surface area contributed by atoms with E-state index in [0.717, 1.165) is 12.8 Å². The van der Waals surface area contributed by atoms with Gasteiger partial charge in [-0.25, -0.2) is 0 Å². The molecular formula is C27H38O2SeTe. The van der Waals surface area contributed by atoms with Crippen molar-refractivity contribution in [3.8, 4) is 0 Å². The Kier molecular flexibility index (Phi) is 15.1. The average Bonchev–Trinajstić information content (AvgIpc) is 2.79. The van der Waals surface area contributed by atoms with E-state index < -0.39 is 20.9 Å². The maximum atomic E-state index is 12.5. The summed E-state index contributed by atoms with van der Waals surface area (Å²) in [7, 11) is 0. The molecule has 0 aliphatic heterocycles. The van der Waals surface area contributed by atoms with E-state index in [4.69, 9.17) is 4.74 Å². The van der Waals surface area contributed by atoms with Crippen LogP contribution in [-0.2, 0) is 10.1 Å². The van der Waals surface area contributed by atoms with Gasteiger partial charge in [0.1, 0.15) is 0 Å². The fourth-order valence-electron chi connectivity index (χ4n) is 3.50. The van der Waals surface area contributed by atoms with Crippen molar-refractivity contribution in [2.45, 2.75) is 87.9 Å². The third-order valence-electron chi connectivity index (χ3n) is 5.26. The van der Waals surface area contributed by atoms with E-state index in [0.29, 0.717) is 15.0 Å². The molecule has 2 rings (SSSR count). The van der Waals surface area contributed by atoms with Gasteiger partial charge in [-0.1, -0.05) is 0 Å². The summed E-state index contributed by atoms with van der Waals surface area (Å²) in [6.07, 6.45) is 12.3. The Balaban J connectivity index is 1.64. The van der Waals surface area contributed by atoms with Crippen LogP contribution in [0, 0.1) is 0 Å². The number of rotatable bonds is 17. The second-order valence-corrected chi connectivity index (χ2v) is 13.2. The van der Waals surface area contributed by atoms with Crippen LogP contribution < -0.4 is 3.61 Å². The molecule has 0 aliphatic rings. The molecule has 1 unspecified atom stereocenters. The second-order valence-electron chi connectivity index (χ2n) is 8.00. The van der Waals surface area contributed by atoms with Gasteiger partial charge < -0.3 is 0 Å². The molecule has 0 fully saturated rings. The first-order chi connectivity index (χ1) is 15.3. The van der Waals surface area contributed by atoms with Crippen LogP contribution in [-0.4, -0.2) is 46.0 Å². The quantitative estimate of drug-likeness (QED) is 0.148. The molecule has 0 aromatic heterocycles. The van der Waals surface area contributed by atoms with Gasteiger partial charge in [-0.2, -0.15) is 0 Å². The van der Waals surface area contributed by atoms with Gasteiger partial charge in [0.05, 0.1) is 0 Å². The Morgan fingerprint density at radius 2 is 1.45 bits per heavy atom. The van der Waals surface area contributed by atoms with E-state index in [9.17, 15) is 4.79 Å². The Labute approximate surface area is 206 Å². The molecule has 0 amide bonds. The standard InChI is InChI=1S/C27H38O2SeTe/c1-2-3-4-5-11-18-25(29-27(28)31-26-20-13-7-14-21-26)19-12-8-15-22-30-23-24-16-9-6-10-17-24/h6-7,9-10,13-14,16-17,20-21,25H,2-5,8,11-12,15,18-19,22-23H2,1H3. The predicted octanol–water partition coefficient (Wildman–Crippen LogP) is 6.76. The van der Waals surface area contributed by atoms with E-state index in [1.165, 1.54) is 71.2 Å². The van der Waals surface area contributed by atoms with E-state index in [1.54, 1.807) is 0 Å². The maximum absolute atomic E-state index is 12.5. The molecule has 0 aliphatic carbocycles. The number of benzene rings is 2. The van der Waals surface area contributed by atoms with Crippen molar-refractivity contribution in [3.05, 3.63) is 66.2 Å². The van der Waals surface area contributed by atoms with Crippen LogP contribution in [0.1, 0.15) is 76.7 Å². The summed E-state index contributed by atoms with van der Waals surface area (Å²) in [5.41, 5.74) is 1.47. The number of unbranched alkanes of at least 4 members (excludes halogenated alkanes) is 6. The molecule has 31 heavy (non-hydrogen) atoms. The van der Waals surface area contributed by atoms with E-state index >= 15 is 0 Å². The zero-order valence-electron chi connectivity index (χ0n) is 19.0. The van der Waals surface area contributed by atoms with Crippen molar-refractivity contribution < 1.29 is 9.53 Å². The van der Waals surface area contributed by atoms with Gasteiger partial charge in [0, 0.05) is 0 Å². The fraction of sp³-hybridized carbons (Fsp3) is 0.519. The number of carbonyl (C=O) groups excluding carboxylic acids is 1. The molecule has 0 spiro atoms. The van der Waals surface area contributed by atoms with E-state index in [2.05, 4.69) is 49.4 Å².